The van der Waals surface area contributed by atoms with E-state index >= 15 is 0 Å². The first kappa shape index (κ1) is 15.9. The molecule has 0 aromatic carbocycles. The third kappa shape index (κ3) is 5.25. The fourth-order valence-electron chi connectivity index (χ4n) is 3.15. The van der Waals surface area contributed by atoms with Crippen LogP contribution in [0.1, 0.15) is 46.0 Å². The van der Waals surface area contributed by atoms with Crippen LogP contribution < -0.4 is 5.32 Å². The third-order valence-electron chi connectivity index (χ3n) is 4.39. The van der Waals surface area contributed by atoms with Gasteiger partial charge in [-0.2, -0.15) is 0 Å². The average molecular weight is 256 g/mol. The van der Waals surface area contributed by atoms with E-state index in [1.54, 1.807) is 0 Å². The molecule has 0 aliphatic heterocycles. The van der Waals surface area contributed by atoms with Crippen molar-refractivity contribution in [3.05, 3.63) is 0 Å². The largest absolute Gasteiger partial charge is 0.396 e. The van der Waals surface area contributed by atoms with Crippen molar-refractivity contribution in [3.8, 4) is 0 Å². The average Bonchev–Trinajstić information content (AvgIpc) is 2.37. The van der Waals surface area contributed by atoms with E-state index in [4.69, 9.17) is 5.11 Å². The summed E-state index contributed by atoms with van der Waals surface area (Å²) in [5.41, 5.74) is 0.465. The summed E-state index contributed by atoms with van der Waals surface area (Å²) >= 11 is 0. The highest BCUT2D eigenvalue weighted by Crippen LogP contribution is 2.39. The highest BCUT2D eigenvalue weighted by Gasteiger charge is 2.34. The van der Waals surface area contributed by atoms with Gasteiger partial charge in [0.25, 0.3) is 0 Å². The molecule has 18 heavy (non-hydrogen) atoms. The molecule has 108 valence electrons. The molecule has 1 aliphatic rings. The minimum Gasteiger partial charge on any atom is -0.396 e. The van der Waals surface area contributed by atoms with Gasteiger partial charge < -0.3 is 15.3 Å². The summed E-state index contributed by atoms with van der Waals surface area (Å²) in [4.78, 5) is 2.41. The number of nitrogens with one attached hydrogen (secondary N) is 1. The van der Waals surface area contributed by atoms with Gasteiger partial charge in [0.15, 0.2) is 0 Å². The predicted octanol–water partition coefficient (Wildman–Crippen LogP) is 2.11. The third-order valence-corrected chi connectivity index (χ3v) is 4.39. The topological polar surface area (TPSA) is 35.5 Å². The number of hydrogen-bond donors (Lipinski definition) is 2. The summed E-state index contributed by atoms with van der Waals surface area (Å²) in [7, 11) is 2.20. The lowest BCUT2D eigenvalue weighted by Gasteiger charge is -2.42. The Bertz CT molecular complexity index is 207. The molecule has 1 fully saturated rings. The van der Waals surface area contributed by atoms with Crippen LogP contribution in [-0.4, -0.2) is 49.8 Å². The van der Waals surface area contributed by atoms with Crippen molar-refractivity contribution >= 4 is 0 Å². The summed E-state index contributed by atoms with van der Waals surface area (Å²) in [5.74, 6) is 0.905. The van der Waals surface area contributed by atoms with E-state index in [1.807, 2.05) is 0 Å². The minimum absolute atomic E-state index is 0.307. The zero-order valence-corrected chi connectivity index (χ0v) is 12.5. The van der Waals surface area contributed by atoms with Gasteiger partial charge in [-0.3, -0.25) is 0 Å². The number of rotatable bonds is 8. The Morgan fingerprint density at radius 1 is 1.33 bits per heavy atom. The van der Waals surface area contributed by atoms with Crippen LogP contribution in [0, 0.1) is 11.3 Å². The first-order valence-electron chi connectivity index (χ1n) is 7.62. The molecule has 0 aromatic rings. The molecular weight excluding hydrogens is 224 g/mol. The molecule has 3 heteroatoms. The van der Waals surface area contributed by atoms with Crippen LogP contribution in [0.4, 0.5) is 0 Å². The normalized spacial score (nSPS) is 28.8. The molecule has 2 N–H and O–H groups in total. The lowest BCUT2D eigenvalue weighted by atomic mass is 9.70. The Morgan fingerprint density at radius 3 is 2.56 bits per heavy atom. The van der Waals surface area contributed by atoms with Crippen molar-refractivity contribution in [1.82, 2.24) is 10.2 Å². The number of aliphatic hydroxyl groups is 1. The highest BCUT2D eigenvalue weighted by atomic mass is 16.3. The van der Waals surface area contributed by atoms with Crippen LogP contribution in [0.15, 0.2) is 0 Å². The van der Waals surface area contributed by atoms with E-state index in [0.29, 0.717) is 12.0 Å². The first-order valence-corrected chi connectivity index (χ1v) is 7.62. The smallest absolute Gasteiger partial charge is 0.0443 e. The molecule has 1 aliphatic carbocycles. The predicted molar refractivity (Wildman–Crippen MR) is 77.8 cm³/mol. The van der Waals surface area contributed by atoms with Gasteiger partial charge in [-0.15, -0.1) is 0 Å². The van der Waals surface area contributed by atoms with E-state index in [9.17, 15) is 0 Å². The summed E-state index contributed by atoms with van der Waals surface area (Å²) in [6.45, 7) is 9.28. The lowest BCUT2D eigenvalue weighted by Crippen LogP contribution is -2.45. The lowest BCUT2D eigenvalue weighted by molar-refractivity contribution is 0.0959. The minimum atomic E-state index is 0.307. The van der Waals surface area contributed by atoms with E-state index in [2.05, 4.69) is 31.1 Å². The molecule has 3 nitrogen and oxygen atoms in total. The van der Waals surface area contributed by atoms with Crippen LogP contribution in [0.3, 0.4) is 0 Å². The Morgan fingerprint density at radius 2 is 2.00 bits per heavy atom. The fourth-order valence-corrected chi connectivity index (χ4v) is 3.15. The second-order valence-corrected chi connectivity index (χ2v) is 6.28. The molecular formula is C15H32N2O. The highest BCUT2D eigenvalue weighted by molar-refractivity contribution is 4.88. The molecule has 0 saturated heterocycles. The number of nitrogens with zero attached hydrogens (tertiary/aromatic N) is 1. The Kier molecular flexibility index (Phi) is 7.20. The van der Waals surface area contributed by atoms with Crippen molar-refractivity contribution in [2.45, 2.75) is 46.0 Å². The van der Waals surface area contributed by atoms with Gasteiger partial charge in [0.1, 0.15) is 0 Å². The molecule has 0 radical (unpaired) electrons. The van der Waals surface area contributed by atoms with Gasteiger partial charge in [0.2, 0.25) is 0 Å². The molecule has 0 heterocycles. The molecule has 0 spiro atoms. The molecule has 1 rings (SSSR count). The van der Waals surface area contributed by atoms with Crippen LogP contribution in [0.2, 0.25) is 0 Å². The summed E-state index contributed by atoms with van der Waals surface area (Å²) in [6, 6.07) is 0. The van der Waals surface area contributed by atoms with Gasteiger partial charge in [0, 0.05) is 26.2 Å². The molecule has 0 aromatic heterocycles. The van der Waals surface area contributed by atoms with Gasteiger partial charge in [-0.05, 0) is 44.2 Å². The standard InChI is InChI=1S/C15H32N2O/c1-4-16-12-15(8-6-14(2)7-9-15)13-17(3)10-5-11-18/h14,16,18H,4-13H2,1-3H3. The van der Waals surface area contributed by atoms with Gasteiger partial charge in [0.05, 0.1) is 0 Å². The maximum absolute atomic E-state index is 8.92. The maximum atomic E-state index is 8.92. The maximum Gasteiger partial charge on any atom is 0.0443 e. The van der Waals surface area contributed by atoms with Crippen molar-refractivity contribution in [1.29, 1.82) is 0 Å². The van der Waals surface area contributed by atoms with E-state index in [-0.39, 0.29) is 0 Å². The van der Waals surface area contributed by atoms with Crippen molar-refractivity contribution in [3.63, 3.8) is 0 Å². The zero-order chi connectivity index (χ0) is 13.4. The zero-order valence-electron chi connectivity index (χ0n) is 12.5. The van der Waals surface area contributed by atoms with Gasteiger partial charge in [-0.25, -0.2) is 0 Å². The van der Waals surface area contributed by atoms with Crippen LogP contribution in [0.25, 0.3) is 0 Å². The molecule has 1 saturated carbocycles. The van der Waals surface area contributed by atoms with E-state index in [1.165, 1.54) is 32.2 Å². The first-order chi connectivity index (χ1) is 8.62. The SMILES string of the molecule is CCNCC1(CN(C)CCCO)CCC(C)CC1. The summed E-state index contributed by atoms with van der Waals surface area (Å²) < 4.78 is 0. The van der Waals surface area contributed by atoms with Gasteiger partial charge in [-0.1, -0.05) is 26.7 Å². The van der Waals surface area contributed by atoms with Gasteiger partial charge >= 0.3 is 0 Å². The number of aliphatic hydroxyl groups excluding tert-OH is 1. The summed E-state index contributed by atoms with van der Waals surface area (Å²) in [6.07, 6.45) is 6.35. The van der Waals surface area contributed by atoms with Crippen molar-refractivity contribution in [2.24, 2.45) is 11.3 Å². The molecule has 0 amide bonds. The quantitative estimate of drug-likeness (QED) is 0.698. The molecule has 0 bridgehead atoms. The molecule has 0 unspecified atom stereocenters. The van der Waals surface area contributed by atoms with E-state index < -0.39 is 0 Å². The Hall–Kier alpha value is -0.120. The second-order valence-electron chi connectivity index (χ2n) is 6.28. The van der Waals surface area contributed by atoms with E-state index in [0.717, 1.165) is 32.0 Å². The van der Waals surface area contributed by atoms with Crippen LogP contribution in [0.5, 0.6) is 0 Å². The van der Waals surface area contributed by atoms with Crippen molar-refractivity contribution in [2.75, 3.05) is 39.8 Å². The van der Waals surface area contributed by atoms with Crippen LogP contribution in [-0.2, 0) is 0 Å². The Labute approximate surface area is 113 Å². The second kappa shape index (κ2) is 8.13. The fraction of sp³-hybridized carbons (Fsp3) is 1.00. The number of hydrogen-bond acceptors (Lipinski definition) is 3. The summed E-state index contributed by atoms with van der Waals surface area (Å²) in [5, 5.41) is 12.5. The Balaban J connectivity index is 2.49. The van der Waals surface area contributed by atoms with Crippen molar-refractivity contribution < 1.29 is 5.11 Å². The molecule has 0 atom stereocenters. The monoisotopic (exact) mass is 256 g/mol. The van der Waals surface area contributed by atoms with Crippen LogP contribution >= 0.6 is 0 Å².